The van der Waals surface area contributed by atoms with Crippen molar-refractivity contribution in [3.8, 4) is 0 Å². The van der Waals surface area contributed by atoms with Gasteiger partial charge in [-0.05, 0) is 54.3 Å². The summed E-state index contributed by atoms with van der Waals surface area (Å²) in [5.74, 6) is 0. The zero-order valence-electron chi connectivity index (χ0n) is 12.1. The molecule has 0 aliphatic heterocycles. The highest BCUT2D eigenvalue weighted by atomic mass is 32.1. The average molecular weight is 278 g/mol. The SMILES string of the molecule is [B]c1ccc(C2=CC=C(/C(C)=C/C=C(/C)C=C)CC2)s1. The van der Waals surface area contributed by atoms with Crippen molar-refractivity contribution in [3.05, 3.63) is 70.7 Å². The first kappa shape index (κ1) is 14.9. The van der Waals surface area contributed by atoms with Gasteiger partial charge in [0.15, 0.2) is 0 Å². The predicted molar refractivity (Wildman–Crippen MR) is 92.7 cm³/mol. The highest BCUT2D eigenvalue weighted by molar-refractivity contribution is 7.20. The third kappa shape index (κ3) is 3.74. The van der Waals surface area contributed by atoms with Crippen molar-refractivity contribution in [1.82, 2.24) is 0 Å². The van der Waals surface area contributed by atoms with Crippen molar-refractivity contribution in [3.63, 3.8) is 0 Å². The summed E-state index contributed by atoms with van der Waals surface area (Å²) in [7, 11) is 5.79. The smallest absolute Gasteiger partial charge is 0.128 e. The second-order valence-electron chi connectivity index (χ2n) is 5.05. The fraction of sp³-hybridized carbons (Fsp3) is 0.222. The van der Waals surface area contributed by atoms with E-state index in [1.54, 1.807) is 11.3 Å². The minimum absolute atomic E-state index is 0.886. The molecule has 20 heavy (non-hydrogen) atoms. The van der Waals surface area contributed by atoms with Gasteiger partial charge in [0, 0.05) is 4.88 Å². The van der Waals surface area contributed by atoms with Crippen LogP contribution in [0.4, 0.5) is 0 Å². The number of hydrogen-bond acceptors (Lipinski definition) is 1. The Bertz CT molecular complexity index is 624. The maximum absolute atomic E-state index is 5.79. The topological polar surface area (TPSA) is 0 Å². The van der Waals surface area contributed by atoms with Gasteiger partial charge in [-0.3, -0.25) is 0 Å². The molecule has 1 aliphatic carbocycles. The maximum Gasteiger partial charge on any atom is 0.128 e. The van der Waals surface area contributed by atoms with E-state index in [1.165, 1.54) is 27.2 Å². The summed E-state index contributed by atoms with van der Waals surface area (Å²) in [6.45, 7) is 7.99. The van der Waals surface area contributed by atoms with Crippen LogP contribution in [0.2, 0.25) is 0 Å². The maximum atomic E-state index is 5.79. The lowest BCUT2D eigenvalue weighted by molar-refractivity contribution is 0.986. The lowest BCUT2D eigenvalue weighted by Crippen LogP contribution is -1.94. The van der Waals surface area contributed by atoms with Gasteiger partial charge >= 0.3 is 0 Å². The summed E-state index contributed by atoms with van der Waals surface area (Å²) in [6, 6.07) is 4.09. The summed E-state index contributed by atoms with van der Waals surface area (Å²) in [5.41, 5.74) is 5.31. The van der Waals surface area contributed by atoms with E-state index in [-0.39, 0.29) is 0 Å². The molecule has 2 rings (SSSR count). The average Bonchev–Trinajstić information content (AvgIpc) is 2.91. The van der Waals surface area contributed by atoms with Crippen LogP contribution in [-0.4, -0.2) is 7.85 Å². The van der Waals surface area contributed by atoms with Crippen molar-refractivity contribution >= 4 is 29.5 Å². The lowest BCUT2D eigenvalue weighted by atomic mass is 9.93. The molecule has 0 amide bonds. The van der Waals surface area contributed by atoms with E-state index < -0.39 is 0 Å². The fourth-order valence-corrected chi connectivity index (χ4v) is 2.96. The number of rotatable bonds is 4. The number of hydrogen-bond donors (Lipinski definition) is 0. The van der Waals surface area contributed by atoms with Crippen LogP contribution in [-0.2, 0) is 0 Å². The first-order valence-electron chi connectivity index (χ1n) is 6.83. The second kappa shape index (κ2) is 6.76. The summed E-state index contributed by atoms with van der Waals surface area (Å²) in [4.78, 5) is 1.29. The molecule has 2 radical (unpaired) electrons. The van der Waals surface area contributed by atoms with E-state index >= 15 is 0 Å². The zero-order valence-corrected chi connectivity index (χ0v) is 13.0. The molecule has 1 aromatic rings. The van der Waals surface area contributed by atoms with Gasteiger partial charge in [0.1, 0.15) is 7.85 Å². The van der Waals surface area contributed by atoms with Crippen molar-refractivity contribution in [2.24, 2.45) is 0 Å². The van der Waals surface area contributed by atoms with Crippen molar-refractivity contribution in [2.75, 3.05) is 0 Å². The fourth-order valence-electron chi connectivity index (χ4n) is 2.13. The van der Waals surface area contributed by atoms with Crippen LogP contribution >= 0.6 is 11.3 Å². The largest absolute Gasteiger partial charge is 0.152 e. The Kier molecular flexibility index (Phi) is 5.02. The van der Waals surface area contributed by atoms with Crippen LogP contribution in [0, 0.1) is 0 Å². The van der Waals surface area contributed by atoms with Gasteiger partial charge in [-0.2, -0.15) is 11.3 Å². The van der Waals surface area contributed by atoms with Gasteiger partial charge in [-0.25, -0.2) is 0 Å². The predicted octanol–water partition coefficient (Wildman–Crippen LogP) is 4.72. The van der Waals surface area contributed by atoms with Gasteiger partial charge in [0.05, 0.1) is 0 Å². The molecule has 100 valence electrons. The molecule has 0 nitrogen and oxygen atoms in total. The molecule has 1 heterocycles. The minimum Gasteiger partial charge on any atom is -0.152 e. The Morgan fingerprint density at radius 1 is 1.20 bits per heavy atom. The lowest BCUT2D eigenvalue weighted by Gasteiger charge is -2.14. The molecule has 1 aromatic heterocycles. The van der Waals surface area contributed by atoms with E-state index in [9.17, 15) is 0 Å². The molecule has 0 spiro atoms. The molecule has 0 bridgehead atoms. The van der Waals surface area contributed by atoms with E-state index in [1.807, 2.05) is 12.1 Å². The zero-order chi connectivity index (χ0) is 14.5. The Labute approximate surface area is 127 Å². The van der Waals surface area contributed by atoms with Crippen LogP contribution in [0.5, 0.6) is 0 Å². The monoisotopic (exact) mass is 278 g/mol. The normalized spacial score (nSPS) is 16.7. The molecular formula is C18H19BS. The third-order valence-electron chi connectivity index (χ3n) is 3.52. The molecule has 0 unspecified atom stereocenters. The minimum atomic E-state index is 0.886. The molecule has 0 saturated carbocycles. The van der Waals surface area contributed by atoms with Crippen LogP contribution in [0.25, 0.3) is 5.57 Å². The Morgan fingerprint density at radius 2 is 2.00 bits per heavy atom. The molecule has 2 heteroatoms. The summed E-state index contributed by atoms with van der Waals surface area (Å²) < 4.78 is 0.886. The molecular weight excluding hydrogens is 259 g/mol. The standard InChI is InChI=1S/C18H19BS/c1-4-13(2)5-6-14(3)15-7-9-16(10-8-15)17-11-12-18(19)20-17/h4-7,9,11-12H,1,8,10H2,2-3H3/b13-5-,14-6+. The molecule has 0 aromatic carbocycles. The highest BCUT2D eigenvalue weighted by Crippen LogP contribution is 2.31. The Hall–Kier alpha value is -1.54. The second-order valence-corrected chi connectivity index (χ2v) is 6.17. The van der Waals surface area contributed by atoms with Crippen molar-refractivity contribution in [2.45, 2.75) is 26.7 Å². The molecule has 0 atom stereocenters. The van der Waals surface area contributed by atoms with E-state index in [2.05, 4.69) is 50.8 Å². The van der Waals surface area contributed by atoms with Crippen LogP contribution in [0.15, 0.2) is 65.8 Å². The van der Waals surface area contributed by atoms with Gasteiger partial charge < -0.3 is 0 Å². The number of thiophene rings is 1. The van der Waals surface area contributed by atoms with Crippen molar-refractivity contribution in [1.29, 1.82) is 0 Å². The summed E-state index contributed by atoms with van der Waals surface area (Å²) in [6.07, 6.45) is 12.8. The van der Waals surface area contributed by atoms with E-state index in [4.69, 9.17) is 7.85 Å². The third-order valence-corrected chi connectivity index (χ3v) is 4.51. The van der Waals surface area contributed by atoms with Crippen LogP contribution in [0.3, 0.4) is 0 Å². The van der Waals surface area contributed by atoms with E-state index in [0.717, 1.165) is 17.6 Å². The summed E-state index contributed by atoms with van der Waals surface area (Å²) >= 11 is 1.67. The first-order chi connectivity index (χ1) is 9.60. The molecule has 0 fully saturated rings. The molecule has 1 aliphatic rings. The highest BCUT2D eigenvalue weighted by Gasteiger charge is 2.10. The van der Waals surface area contributed by atoms with Gasteiger partial charge in [-0.15, -0.1) is 0 Å². The number of allylic oxidation sites excluding steroid dienone is 9. The first-order valence-corrected chi connectivity index (χ1v) is 7.65. The van der Waals surface area contributed by atoms with Gasteiger partial charge in [-0.1, -0.05) is 48.6 Å². The van der Waals surface area contributed by atoms with Crippen molar-refractivity contribution < 1.29 is 0 Å². The van der Waals surface area contributed by atoms with Gasteiger partial charge in [0.2, 0.25) is 0 Å². The van der Waals surface area contributed by atoms with E-state index in [0.29, 0.717) is 0 Å². The van der Waals surface area contributed by atoms with Crippen LogP contribution < -0.4 is 4.78 Å². The quantitative estimate of drug-likeness (QED) is 0.552. The summed E-state index contributed by atoms with van der Waals surface area (Å²) in [5, 5.41) is 0. The molecule has 0 saturated heterocycles. The van der Waals surface area contributed by atoms with Crippen LogP contribution in [0.1, 0.15) is 31.6 Å². The van der Waals surface area contributed by atoms with Gasteiger partial charge in [0.25, 0.3) is 0 Å². The Morgan fingerprint density at radius 3 is 2.55 bits per heavy atom. The Balaban J connectivity index is 2.15. The molecule has 0 N–H and O–H groups in total.